The standard InChI is InChI=1S/C30H29ClN4O4/c1-19(36)35(14-4-13-34(2)3)23-9-7-22(8-10-23)32-29(20-5-12-26-27(17-20)39-16-15-38-26)28-24-11-6-21(31)18-25(24)33-30(28)37/h5-12,15-18,32H,4,13-14H2,1-3H3,(H,33,37)/b29-28-. The van der Waals surface area contributed by atoms with Gasteiger partial charge in [0.1, 0.15) is 12.5 Å². The Morgan fingerprint density at radius 1 is 0.949 bits per heavy atom. The van der Waals surface area contributed by atoms with Crippen LogP contribution in [0.25, 0.3) is 11.3 Å². The molecule has 200 valence electrons. The van der Waals surface area contributed by atoms with Gasteiger partial charge >= 0.3 is 0 Å². The van der Waals surface area contributed by atoms with Crippen molar-refractivity contribution in [2.75, 3.05) is 42.7 Å². The molecule has 0 radical (unpaired) electrons. The summed E-state index contributed by atoms with van der Waals surface area (Å²) in [6, 6.07) is 18.4. The van der Waals surface area contributed by atoms with Crippen molar-refractivity contribution < 1.29 is 19.1 Å². The summed E-state index contributed by atoms with van der Waals surface area (Å²) < 4.78 is 11.2. The Balaban J connectivity index is 1.51. The minimum Gasteiger partial charge on any atom is -0.458 e. The Morgan fingerprint density at radius 2 is 1.69 bits per heavy atom. The number of anilines is 3. The highest BCUT2D eigenvalue weighted by Crippen LogP contribution is 2.41. The Bertz CT molecular complexity index is 1480. The van der Waals surface area contributed by atoms with Gasteiger partial charge < -0.3 is 29.9 Å². The van der Waals surface area contributed by atoms with E-state index >= 15 is 0 Å². The van der Waals surface area contributed by atoms with E-state index in [0.717, 1.165) is 35.5 Å². The highest BCUT2D eigenvalue weighted by atomic mass is 35.5. The molecule has 2 heterocycles. The molecule has 39 heavy (non-hydrogen) atoms. The van der Waals surface area contributed by atoms with Gasteiger partial charge in [-0.2, -0.15) is 0 Å². The summed E-state index contributed by atoms with van der Waals surface area (Å²) in [4.78, 5) is 29.4. The van der Waals surface area contributed by atoms with E-state index in [1.54, 1.807) is 30.0 Å². The average molecular weight is 545 g/mol. The number of halogens is 1. The molecule has 0 saturated heterocycles. The molecule has 3 aromatic rings. The van der Waals surface area contributed by atoms with E-state index in [-0.39, 0.29) is 11.8 Å². The summed E-state index contributed by atoms with van der Waals surface area (Å²) in [5, 5.41) is 6.89. The van der Waals surface area contributed by atoms with E-state index in [9.17, 15) is 9.59 Å². The normalized spacial score (nSPS) is 14.6. The van der Waals surface area contributed by atoms with Gasteiger partial charge in [0, 0.05) is 41.0 Å². The first-order chi connectivity index (χ1) is 18.8. The molecule has 8 nitrogen and oxygen atoms in total. The van der Waals surface area contributed by atoms with E-state index in [0.29, 0.717) is 40.0 Å². The van der Waals surface area contributed by atoms with E-state index in [1.165, 1.54) is 12.5 Å². The van der Waals surface area contributed by atoms with Crippen LogP contribution in [0.5, 0.6) is 11.5 Å². The quantitative estimate of drug-likeness (QED) is 0.348. The lowest BCUT2D eigenvalue weighted by atomic mass is 9.99. The van der Waals surface area contributed by atoms with Crippen LogP contribution in [0, 0.1) is 0 Å². The van der Waals surface area contributed by atoms with Gasteiger partial charge in [-0.25, -0.2) is 0 Å². The van der Waals surface area contributed by atoms with Crippen molar-refractivity contribution >= 4 is 51.7 Å². The first-order valence-corrected chi connectivity index (χ1v) is 13.0. The van der Waals surface area contributed by atoms with E-state index in [4.69, 9.17) is 21.1 Å². The lowest BCUT2D eigenvalue weighted by molar-refractivity contribution is -0.116. The zero-order valence-electron chi connectivity index (χ0n) is 22.0. The number of nitrogens with one attached hydrogen (secondary N) is 2. The molecule has 9 heteroatoms. The lowest BCUT2D eigenvalue weighted by Gasteiger charge is -2.23. The van der Waals surface area contributed by atoms with Crippen LogP contribution in [-0.4, -0.2) is 43.9 Å². The summed E-state index contributed by atoms with van der Waals surface area (Å²) in [6.07, 6.45) is 3.79. The fraction of sp³-hybridized carbons (Fsp3) is 0.200. The second kappa shape index (κ2) is 11.2. The molecular formula is C30H29ClN4O4. The molecule has 0 aromatic heterocycles. The van der Waals surface area contributed by atoms with E-state index < -0.39 is 0 Å². The van der Waals surface area contributed by atoms with Gasteiger partial charge in [0.05, 0.1) is 17.0 Å². The minimum absolute atomic E-state index is 0.0134. The number of fused-ring (bicyclic) bond motifs is 2. The number of rotatable bonds is 8. The third kappa shape index (κ3) is 5.77. The molecule has 0 saturated carbocycles. The van der Waals surface area contributed by atoms with Crippen LogP contribution < -0.4 is 25.0 Å². The van der Waals surface area contributed by atoms with Crippen LogP contribution in [0.2, 0.25) is 5.02 Å². The van der Waals surface area contributed by atoms with Crippen molar-refractivity contribution in [2.24, 2.45) is 0 Å². The molecule has 2 N–H and O–H groups in total. The number of carbonyl (C=O) groups excluding carboxylic acids is 2. The molecule has 0 unspecified atom stereocenters. The van der Waals surface area contributed by atoms with Crippen LogP contribution in [-0.2, 0) is 9.59 Å². The summed E-state index contributed by atoms with van der Waals surface area (Å²) in [6.45, 7) is 3.09. The monoisotopic (exact) mass is 544 g/mol. The van der Waals surface area contributed by atoms with Gasteiger partial charge in [-0.05, 0) is 81.7 Å². The zero-order valence-corrected chi connectivity index (χ0v) is 22.7. The van der Waals surface area contributed by atoms with Gasteiger partial charge in [0.15, 0.2) is 11.5 Å². The first-order valence-electron chi connectivity index (χ1n) is 12.6. The predicted octanol–water partition coefficient (Wildman–Crippen LogP) is 5.82. The Morgan fingerprint density at radius 3 is 2.41 bits per heavy atom. The van der Waals surface area contributed by atoms with Gasteiger partial charge in [-0.1, -0.05) is 17.7 Å². The summed E-state index contributed by atoms with van der Waals surface area (Å²) in [5.41, 5.74) is 4.76. The number of nitrogens with zero attached hydrogens (tertiary/aromatic N) is 2. The van der Waals surface area contributed by atoms with Crippen molar-refractivity contribution in [1.29, 1.82) is 0 Å². The number of amides is 2. The molecule has 0 bridgehead atoms. The molecule has 0 atom stereocenters. The molecule has 0 spiro atoms. The number of ether oxygens (including phenoxy) is 2. The third-order valence-electron chi connectivity index (χ3n) is 6.47. The molecule has 2 aliphatic heterocycles. The van der Waals surface area contributed by atoms with Crippen LogP contribution in [0.3, 0.4) is 0 Å². The highest BCUT2D eigenvalue weighted by Gasteiger charge is 2.29. The number of benzene rings is 3. The largest absolute Gasteiger partial charge is 0.458 e. The molecule has 0 aliphatic carbocycles. The molecule has 2 aliphatic rings. The number of hydrogen-bond acceptors (Lipinski definition) is 6. The lowest BCUT2D eigenvalue weighted by Crippen LogP contribution is -2.31. The SMILES string of the molecule is CC(=O)N(CCCN(C)C)c1ccc(N/C(=C2\C(=O)Nc3cc(Cl)ccc32)c2ccc3c(c2)OC=CO3)cc1. The van der Waals surface area contributed by atoms with Crippen LogP contribution >= 0.6 is 11.6 Å². The zero-order chi connectivity index (χ0) is 27.5. The van der Waals surface area contributed by atoms with E-state index in [1.807, 2.05) is 56.6 Å². The van der Waals surface area contributed by atoms with Crippen molar-refractivity contribution in [3.63, 3.8) is 0 Å². The maximum Gasteiger partial charge on any atom is 0.258 e. The Hall–Kier alpha value is -4.27. The third-order valence-corrected chi connectivity index (χ3v) is 6.70. The van der Waals surface area contributed by atoms with Gasteiger partial charge in [-0.15, -0.1) is 0 Å². The number of hydrogen-bond donors (Lipinski definition) is 2. The van der Waals surface area contributed by atoms with Crippen molar-refractivity contribution in [3.8, 4) is 11.5 Å². The smallest absolute Gasteiger partial charge is 0.258 e. The van der Waals surface area contributed by atoms with Crippen LogP contribution in [0.4, 0.5) is 17.1 Å². The molecule has 5 rings (SSSR count). The average Bonchev–Trinajstić information content (AvgIpc) is 3.24. The van der Waals surface area contributed by atoms with Gasteiger partial charge in [-0.3, -0.25) is 9.59 Å². The molecule has 3 aromatic carbocycles. The summed E-state index contributed by atoms with van der Waals surface area (Å²) >= 11 is 6.18. The highest BCUT2D eigenvalue weighted by molar-refractivity contribution is 6.38. The van der Waals surface area contributed by atoms with E-state index in [2.05, 4.69) is 15.5 Å². The topological polar surface area (TPSA) is 83.1 Å². The van der Waals surface area contributed by atoms with Crippen molar-refractivity contribution in [1.82, 2.24) is 4.90 Å². The first kappa shape index (κ1) is 26.3. The number of carbonyl (C=O) groups is 2. The van der Waals surface area contributed by atoms with Crippen molar-refractivity contribution in [2.45, 2.75) is 13.3 Å². The second-order valence-corrected chi connectivity index (χ2v) is 10.00. The summed E-state index contributed by atoms with van der Waals surface area (Å²) in [7, 11) is 4.03. The Kier molecular flexibility index (Phi) is 7.58. The second-order valence-electron chi connectivity index (χ2n) is 9.56. The molecule has 2 amide bonds. The molecule has 0 fully saturated rings. The molecular weight excluding hydrogens is 516 g/mol. The maximum atomic E-state index is 13.2. The minimum atomic E-state index is -0.246. The van der Waals surface area contributed by atoms with Crippen LogP contribution in [0.1, 0.15) is 24.5 Å². The predicted molar refractivity (Wildman–Crippen MR) is 155 cm³/mol. The van der Waals surface area contributed by atoms with Gasteiger partial charge in [0.2, 0.25) is 5.91 Å². The summed E-state index contributed by atoms with van der Waals surface area (Å²) in [5.74, 6) is 0.858. The maximum absolute atomic E-state index is 13.2. The van der Waals surface area contributed by atoms with Crippen molar-refractivity contribution in [3.05, 3.63) is 89.3 Å². The Labute approximate surface area is 232 Å². The van der Waals surface area contributed by atoms with Gasteiger partial charge in [0.25, 0.3) is 5.91 Å². The fourth-order valence-corrected chi connectivity index (χ4v) is 4.78. The van der Waals surface area contributed by atoms with Crippen LogP contribution in [0.15, 0.2) is 73.2 Å². The fourth-order valence-electron chi connectivity index (χ4n) is 4.61.